The largest absolute Gasteiger partial charge is 0.493 e. The standard InChI is InChI=1S/C22H22ClNO6/c1-14-17(15(2)30-24-14)13-29-20-9-8-16(12-21(20)26-3)22(25)28-11-10-27-19-7-5-4-6-18(19)23/h4-9,12H,10-11,13H2,1-3H3. The van der Waals surface area contributed by atoms with Crippen LogP contribution in [0.1, 0.15) is 27.4 Å². The third kappa shape index (κ3) is 5.24. The van der Waals surface area contributed by atoms with Crippen LogP contribution in [0.15, 0.2) is 47.0 Å². The van der Waals surface area contributed by atoms with Crippen molar-refractivity contribution in [3.8, 4) is 17.2 Å². The summed E-state index contributed by atoms with van der Waals surface area (Å²) in [6, 6.07) is 11.9. The Morgan fingerprint density at radius 2 is 1.83 bits per heavy atom. The molecule has 0 atom stereocenters. The molecule has 0 aliphatic rings. The van der Waals surface area contributed by atoms with Gasteiger partial charge < -0.3 is 23.5 Å². The number of aryl methyl sites for hydroxylation is 2. The van der Waals surface area contributed by atoms with Crippen LogP contribution < -0.4 is 14.2 Å². The molecule has 158 valence electrons. The summed E-state index contributed by atoms with van der Waals surface area (Å²) in [5.74, 6) is 1.66. The van der Waals surface area contributed by atoms with Crippen molar-refractivity contribution in [2.75, 3.05) is 20.3 Å². The number of rotatable bonds is 9. The smallest absolute Gasteiger partial charge is 0.338 e. The minimum Gasteiger partial charge on any atom is -0.493 e. The van der Waals surface area contributed by atoms with Gasteiger partial charge in [0.05, 0.1) is 29.0 Å². The lowest BCUT2D eigenvalue weighted by Gasteiger charge is -2.12. The number of halogens is 1. The monoisotopic (exact) mass is 431 g/mol. The van der Waals surface area contributed by atoms with Gasteiger partial charge in [0.1, 0.15) is 31.3 Å². The molecule has 0 aliphatic heterocycles. The van der Waals surface area contributed by atoms with E-state index in [1.54, 1.807) is 30.3 Å². The summed E-state index contributed by atoms with van der Waals surface area (Å²) >= 11 is 6.02. The maximum absolute atomic E-state index is 12.3. The third-order valence-corrected chi connectivity index (χ3v) is 4.68. The summed E-state index contributed by atoms with van der Waals surface area (Å²) < 4.78 is 27.1. The zero-order chi connectivity index (χ0) is 21.5. The molecule has 3 rings (SSSR count). The average molecular weight is 432 g/mol. The summed E-state index contributed by atoms with van der Waals surface area (Å²) in [6.45, 7) is 4.22. The normalized spacial score (nSPS) is 10.5. The molecule has 0 saturated carbocycles. The van der Waals surface area contributed by atoms with Gasteiger partial charge in [-0.15, -0.1) is 0 Å². The van der Waals surface area contributed by atoms with E-state index in [1.165, 1.54) is 7.11 Å². The minimum atomic E-state index is -0.492. The topological polar surface area (TPSA) is 80.0 Å². The molecule has 0 N–H and O–H groups in total. The first-order valence-electron chi connectivity index (χ1n) is 9.26. The van der Waals surface area contributed by atoms with Crippen molar-refractivity contribution in [1.29, 1.82) is 0 Å². The Morgan fingerprint density at radius 1 is 1.03 bits per heavy atom. The van der Waals surface area contributed by atoms with E-state index in [0.717, 1.165) is 11.3 Å². The van der Waals surface area contributed by atoms with E-state index in [1.807, 2.05) is 26.0 Å². The van der Waals surface area contributed by atoms with Crippen molar-refractivity contribution in [3.63, 3.8) is 0 Å². The van der Waals surface area contributed by atoms with Gasteiger partial charge in [0.2, 0.25) is 0 Å². The van der Waals surface area contributed by atoms with Gasteiger partial charge in [-0.2, -0.15) is 0 Å². The molecule has 1 heterocycles. The van der Waals surface area contributed by atoms with Crippen LogP contribution in [0.4, 0.5) is 0 Å². The summed E-state index contributed by atoms with van der Waals surface area (Å²) in [6.07, 6.45) is 0. The van der Waals surface area contributed by atoms with Crippen LogP contribution in [0.3, 0.4) is 0 Å². The molecular weight excluding hydrogens is 410 g/mol. The predicted molar refractivity (Wildman–Crippen MR) is 111 cm³/mol. The number of hydrogen-bond acceptors (Lipinski definition) is 7. The number of aromatic nitrogens is 1. The third-order valence-electron chi connectivity index (χ3n) is 4.36. The van der Waals surface area contributed by atoms with Gasteiger partial charge in [0, 0.05) is 0 Å². The highest BCUT2D eigenvalue weighted by Crippen LogP contribution is 2.30. The molecule has 0 saturated heterocycles. The van der Waals surface area contributed by atoms with Gasteiger partial charge in [0.15, 0.2) is 11.5 Å². The molecule has 0 fully saturated rings. The Hall–Kier alpha value is -3.19. The molecule has 30 heavy (non-hydrogen) atoms. The molecule has 2 aromatic carbocycles. The van der Waals surface area contributed by atoms with Crippen molar-refractivity contribution in [2.24, 2.45) is 0 Å². The zero-order valence-corrected chi connectivity index (χ0v) is 17.7. The van der Waals surface area contributed by atoms with Gasteiger partial charge in [-0.25, -0.2) is 4.79 Å². The molecule has 0 radical (unpaired) electrons. The Morgan fingerprint density at radius 3 is 2.53 bits per heavy atom. The first kappa shape index (κ1) is 21.5. The molecule has 3 aromatic rings. The van der Waals surface area contributed by atoms with Gasteiger partial charge in [-0.05, 0) is 44.2 Å². The quantitative estimate of drug-likeness (QED) is 0.356. The fourth-order valence-corrected chi connectivity index (χ4v) is 2.89. The molecule has 0 unspecified atom stereocenters. The lowest BCUT2D eigenvalue weighted by Crippen LogP contribution is -2.12. The lowest BCUT2D eigenvalue weighted by atomic mass is 10.2. The molecule has 1 aromatic heterocycles. The van der Waals surface area contributed by atoms with Crippen molar-refractivity contribution in [1.82, 2.24) is 5.16 Å². The highest BCUT2D eigenvalue weighted by molar-refractivity contribution is 6.32. The molecule has 8 heteroatoms. The number of methoxy groups -OCH3 is 1. The van der Waals surface area contributed by atoms with Crippen molar-refractivity contribution >= 4 is 17.6 Å². The van der Waals surface area contributed by atoms with Crippen LogP contribution in [0.2, 0.25) is 5.02 Å². The van der Waals surface area contributed by atoms with Crippen molar-refractivity contribution in [3.05, 3.63) is 70.1 Å². The fraction of sp³-hybridized carbons (Fsp3) is 0.273. The Bertz CT molecular complexity index is 997. The Labute approximate surface area is 179 Å². The average Bonchev–Trinajstić information content (AvgIpc) is 3.08. The van der Waals surface area contributed by atoms with Crippen molar-refractivity contribution < 1.29 is 28.3 Å². The van der Waals surface area contributed by atoms with E-state index in [2.05, 4.69) is 5.16 Å². The molecule has 0 bridgehead atoms. The summed E-state index contributed by atoms with van der Waals surface area (Å²) in [5, 5.41) is 4.40. The Balaban J connectivity index is 1.55. The second kappa shape index (κ2) is 10.0. The van der Waals surface area contributed by atoms with E-state index in [9.17, 15) is 4.79 Å². The van der Waals surface area contributed by atoms with Crippen LogP contribution in [0.5, 0.6) is 17.2 Å². The first-order valence-corrected chi connectivity index (χ1v) is 9.64. The first-order chi connectivity index (χ1) is 14.5. The molecule has 7 nitrogen and oxygen atoms in total. The van der Waals surface area contributed by atoms with Gasteiger partial charge in [-0.1, -0.05) is 28.9 Å². The van der Waals surface area contributed by atoms with E-state index < -0.39 is 5.97 Å². The lowest BCUT2D eigenvalue weighted by molar-refractivity contribution is 0.0450. The number of para-hydroxylation sites is 1. The summed E-state index contributed by atoms with van der Waals surface area (Å²) in [5.41, 5.74) is 1.99. The minimum absolute atomic E-state index is 0.0800. The second-order valence-electron chi connectivity index (χ2n) is 6.37. The van der Waals surface area contributed by atoms with E-state index >= 15 is 0 Å². The number of benzene rings is 2. The molecule has 0 amide bonds. The van der Waals surface area contributed by atoms with E-state index in [-0.39, 0.29) is 19.8 Å². The van der Waals surface area contributed by atoms with Crippen LogP contribution >= 0.6 is 11.6 Å². The number of carbonyl (C=O) groups excluding carboxylic acids is 1. The molecular formula is C22H22ClNO6. The fourth-order valence-electron chi connectivity index (χ4n) is 2.70. The summed E-state index contributed by atoms with van der Waals surface area (Å²) in [7, 11) is 1.50. The number of hydrogen-bond donors (Lipinski definition) is 0. The second-order valence-corrected chi connectivity index (χ2v) is 6.78. The predicted octanol–water partition coefficient (Wildman–Crippen LogP) is 4.77. The number of ether oxygens (including phenoxy) is 4. The van der Waals surface area contributed by atoms with Gasteiger partial charge >= 0.3 is 5.97 Å². The highest BCUT2D eigenvalue weighted by Gasteiger charge is 2.15. The van der Waals surface area contributed by atoms with E-state index in [0.29, 0.717) is 33.6 Å². The van der Waals surface area contributed by atoms with E-state index in [4.69, 9.17) is 35.1 Å². The SMILES string of the molecule is COc1cc(C(=O)OCCOc2ccccc2Cl)ccc1OCc1c(C)noc1C. The number of carbonyl (C=O) groups is 1. The van der Waals surface area contributed by atoms with Crippen LogP contribution in [-0.2, 0) is 11.3 Å². The van der Waals surface area contributed by atoms with Gasteiger partial charge in [-0.3, -0.25) is 0 Å². The van der Waals surface area contributed by atoms with Crippen LogP contribution in [-0.4, -0.2) is 31.4 Å². The van der Waals surface area contributed by atoms with Crippen LogP contribution in [0.25, 0.3) is 0 Å². The zero-order valence-electron chi connectivity index (χ0n) is 16.9. The number of nitrogens with zero attached hydrogens (tertiary/aromatic N) is 1. The van der Waals surface area contributed by atoms with Crippen molar-refractivity contribution in [2.45, 2.75) is 20.5 Å². The molecule has 0 spiro atoms. The van der Waals surface area contributed by atoms with Crippen LogP contribution in [0, 0.1) is 13.8 Å². The molecule has 0 aliphatic carbocycles. The van der Waals surface area contributed by atoms with Gasteiger partial charge in [0.25, 0.3) is 0 Å². The maximum Gasteiger partial charge on any atom is 0.338 e. The maximum atomic E-state index is 12.3. The highest BCUT2D eigenvalue weighted by atomic mass is 35.5. The Kier molecular flexibility index (Phi) is 7.19. The summed E-state index contributed by atoms with van der Waals surface area (Å²) in [4.78, 5) is 12.3. The number of esters is 1.